The number of carbonyl (C=O) groups is 1. The highest BCUT2D eigenvalue weighted by Gasteiger charge is 2.41. The summed E-state index contributed by atoms with van der Waals surface area (Å²) in [6.45, 7) is 6.83. The molecule has 2 aliphatic heterocycles. The van der Waals surface area contributed by atoms with Crippen LogP contribution in [0.3, 0.4) is 0 Å². The van der Waals surface area contributed by atoms with Gasteiger partial charge in [-0.2, -0.15) is 0 Å². The molecule has 1 amide bonds. The van der Waals surface area contributed by atoms with Gasteiger partial charge in [0.25, 0.3) is 0 Å². The summed E-state index contributed by atoms with van der Waals surface area (Å²) in [6.07, 6.45) is 5.58. The van der Waals surface area contributed by atoms with Gasteiger partial charge in [-0.15, -0.1) is 0 Å². The zero-order valence-corrected chi connectivity index (χ0v) is 23.8. The number of hydrogen-bond donors (Lipinski definition) is 0. The van der Waals surface area contributed by atoms with E-state index in [2.05, 4.69) is 16.0 Å². The van der Waals surface area contributed by atoms with E-state index in [-0.39, 0.29) is 23.2 Å². The fraction of sp³-hybridized carbons (Fsp3) is 0.433. The SMILES string of the molecule is CC(C)(C)OC(=O)N1CCC2(CCc3cc(-c4ccc(CS(=O)(=O)Cc5ccc(F)cn5)cn4)ccc3O2)CC1. The van der Waals surface area contributed by atoms with Crippen LogP contribution in [0.1, 0.15) is 56.9 Å². The largest absolute Gasteiger partial charge is 0.487 e. The number of sulfone groups is 1. The molecule has 212 valence electrons. The number of nitrogens with zero attached hydrogens (tertiary/aromatic N) is 3. The number of aromatic nitrogens is 2. The van der Waals surface area contributed by atoms with E-state index < -0.39 is 21.3 Å². The van der Waals surface area contributed by atoms with E-state index in [9.17, 15) is 17.6 Å². The smallest absolute Gasteiger partial charge is 0.410 e. The first kappa shape index (κ1) is 28.0. The zero-order valence-electron chi connectivity index (χ0n) is 23.0. The summed E-state index contributed by atoms with van der Waals surface area (Å²) in [4.78, 5) is 22.6. The lowest BCUT2D eigenvalue weighted by Gasteiger charge is -2.44. The molecular weight excluding hydrogens is 533 g/mol. The van der Waals surface area contributed by atoms with Crippen molar-refractivity contribution in [1.29, 1.82) is 0 Å². The van der Waals surface area contributed by atoms with E-state index in [0.29, 0.717) is 24.3 Å². The van der Waals surface area contributed by atoms with E-state index in [1.54, 1.807) is 17.2 Å². The number of hydrogen-bond acceptors (Lipinski definition) is 7. The number of pyridine rings is 2. The maximum atomic E-state index is 13.1. The second-order valence-electron chi connectivity index (χ2n) is 11.6. The van der Waals surface area contributed by atoms with Crippen molar-refractivity contribution in [2.75, 3.05) is 13.1 Å². The van der Waals surface area contributed by atoms with Crippen LogP contribution in [0.25, 0.3) is 11.3 Å². The predicted octanol–water partition coefficient (Wildman–Crippen LogP) is 5.49. The molecule has 3 aromatic rings. The normalized spacial score (nSPS) is 16.8. The minimum absolute atomic E-state index is 0.176. The first-order chi connectivity index (χ1) is 18.9. The molecule has 2 aromatic heterocycles. The summed E-state index contributed by atoms with van der Waals surface area (Å²) in [5.74, 6) is -0.0850. The summed E-state index contributed by atoms with van der Waals surface area (Å²) in [5.41, 5.74) is 2.88. The number of carbonyl (C=O) groups excluding carboxylic acids is 1. The molecule has 0 radical (unpaired) electrons. The monoisotopic (exact) mass is 567 g/mol. The van der Waals surface area contributed by atoms with Crippen LogP contribution in [-0.2, 0) is 32.5 Å². The Hall–Kier alpha value is -3.53. The Morgan fingerprint density at radius 2 is 1.80 bits per heavy atom. The summed E-state index contributed by atoms with van der Waals surface area (Å²) in [6, 6.07) is 12.2. The molecule has 1 aromatic carbocycles. The van der Waals surface area contributed by atoms with Gasteiger partial charge in [0.05, 0.1) is 29.1 Å². The molecule has 0 atom stereocenters. The summed E-state index contributed by atoms with van der Waals surface area (Å²) < 4.78 is 50.3. The average molecular weight is 568 g/mol. The third kappa shape index (κ3) is 6.78. The van der Waals surface area contributed by atoms with Crippen LogP contribution in [-0.4, -0.2) is 53.7 Å². The first-order valence-electron chi connectivity index (χ1n) is 13.4. The number of fused-ring (bicyclic) bond motifs is 1. The maximum absolute atomic E-state index is 13.1. The van der Waals surface area contributed by atoms with E-state index in [4.69, 9.17) is 9.47 Å². The van der Waals surface area contributed by atoms with Crippen molar-refractivity contribution in [3.63, 3.8) is 0 Å². The zero-order chi connectivity index (χ0) is 28.5. The Morgan fingerprint density at radius 1 is 1.02 bits per heavy atom. The maximum Gasteiger partial charge on any atom is 0.410 e. The van der Waals surface area contributed by atoms with Gasteiger partial charge < -0.3 is 14.4 Å². The quantitative estimate of drug-likeness (QED) is 0.402. The van der Waals surface area contributed by atoms with Crippen molar-refractivity contribution in [3.05, 3.63) is 77.5 Å². The Morgan fingerprint density at radius 3 is 2.45 bits per heavy atom. The molecule has 8 nitrogen and oxygen atoms in total. The highest BCUT2D eigenvalue weighted by molar-refractivity contribution is 7.89. The number of ether oxygens (including phenoxy) is 2. The Labute approximate surface area is 234 Å². The molecule has 0 unspecified atom stereocenters. The van der Waals surface area contributed by atoms with Gasteiger partial charge in [0.2, 0.25) is 0 Å². The van der Waals surface area contributed by atoms with Gasteiger partial charge in [0, 0.05) is 37.7 Å². The Bertz CT molecular complexity index is 1480. The molecule has 10 heteroatoms. The fourth-order valence-electron chi connectivity index (χ4n) is 5.16. The fourth-order valence-corrected chi connectivity index (χ4v) is 6.56. The highest BCUT2D eigenvalue weighted by Crippen LogP contribution is 2.40. The van der Waals surface area contributed by atoms with Gasteiger partial charge in [-0.3, -0.25) is 9.97 Å². The van der Waals surface area contributed by atoms with Crippen molar-refractivity contribution < 1.29 is 27.1 Å². The minimum atomic E-state index is -3.49. The van der Waals surface area contributed by atoms with Gasteiger partial charge in [-0.25, -0.2) is 17.6 Å². The lowest BCUT2D eigenvalue weighted by Crippen LogP contribution is -2.52. The third-order valence-corrected chi connectivity index (χ3v) is 8.74. The number of amides is 1. The van der Waals surface area contributed by atoms with E-state index in [0.717, 1.165) is 54.5 Å². The summed E-state index contributed by atoms with van der Waals surface area (Å²) >= 11 is 0. The molecule has 5 rings (SSSR count). The van der Waals surface area contributed by atoms with Gasteiger partial charge in [-0.05, 0) is 81.1 Å². The molecule has 0 N–H and O–H groups in total. The second-order valence-corrected chi connectivity index (χ2v) is 13.7. The van der Waals surface area contributed by atoms with E-state index in [1.807, 2.05) is 39.0 Å². The number of likely N-dealkylation sites (tertiary alicyclic amines) is 1. The molecule has 0 bridgehead atoms. The highest BCUT2D eigenvalue weighted by atomic mass is 32.2. The topological polar surface area (TPSA) is 98.7 Å². The minimum Gasteiger partial charge on any atom is -0.487 e. The molecule has 4 heterocycles. The molecule has 1 saturated heterocycles. The van der Waals surface area contributed by atoms with E-state index in [1.165, 1.54) is 12.1 Å². The van der Waals surface area contributed by atoms with Crippen molar-refractivity contribution in [3.8, 4) is 17.0 Å². The van der Waals surface area contributed by atoms with Gasteiger partial charge in [0.15, 0.2) is 9.84 Å². The van der Waals surface area contributed by atoms with Crippen LogP contribution in [0, 0.1) is 5.82 Å². The number of halogens is 1. The number of piperidine rings is 1. The van der Waals surface area contributed by atoms with Crippen LogP contribution in [0.5, 0.6) is 5.75 Å². The summed E-state index contributed by atoms with van der Waals surface area (Å²) in [5, 5.41) is 0. The molecule has 1 fully saturated rings. The van der Waals surface area contributed by atoms with Crippen LogP contribution in [0.2, 0.25) is 0 Å². The van der Waals surface area contributed by atoms with Crippen molar-refractivity contribution in [2.24, 2.45) is 0 Å². The van der Waals surface area contributed by atoms with Crippen molar-refractivity contribution in [1.82, 2.24) is 14.9 Å². The van der Waals surface area contributed by atoms with Crippen LogP contribution < -0.4 is 4.74 Å². The van der Waals surface area contributed by atoms with Crippen molar-refractivity contribution >= 4 is 15.9 Å². The number of aryl methyl sites for hydroxylation is 1. The number of rotatable bonds is 5. The molecule has 40 heavy (non-hydrogen) atoms. The standard InChI is InChI=1S/C30H34FN3O5S/c1-29(2,3)39-28(35)34-14-12-30(13-15-34)11-10-23-16-22(5-9-27(23)38-30)26-8-4-21(17-33-26)19-40(36,37)20-25-7-6-24(31)18-32-25/h4-9,16-18H,10-15,19-20H2,1-3H3. The predicted molar refractivity (Wildman–Crippen MR) is 149 cm³/mol. The molecule has 0 saturated carbocycles. The summed E-state index contributed by atoms with van der Waals surface area (Å²) in [7, 11) is -3.49. The van der Waals surface area contributed by atoms with Crippen LogP contribution in [0.4, 0.5) is 9.18 Å². The molecule has 2 aliphatic rings. The third-order valence-electron chi connectivity index (χ3n) is 7.23. The first-order valence-corrected chi connectivity index (χ1v) is 15.3. The lowest BCUT2D eigenvalue weighted by atomic mass is 9.83. The Balaban J connectivity index is 1.20. The molecular formula is C30H34FN3O5S. The van der Waals surface area contributed by atoms with Crippen LogP contribution in [0.15, 0.2) is 54.9 Å². The van der Waals surface area contributed by atoms with E-state index >= 15 is 0 Å². The molecule has 0 aliphatic carbocycles. The number of benzene rings is 1. The van der Waals surface area contributed by atoms with Crippen LogP contribution >= 0.6 is 0 Å². The second kappa shape index (κ2) is 10.8. The van der Waals surface area contributed by atoms with Gasteiger partial charge in [0.1, 0.15) is 22.8 Å². The Kier molecular flexibility index (Phi) is 7.56. The lowest BCUT2D eigenvalue weighted by molar-refractivity contribution is -0.0272. The van der Waals surface area contributed by atoms with Crippen molar-refractivity contribution in [2.45, 2.75) is 69.2 Å². The average Bonchev–Trinajstić information content (AvgIpc) is 2.89. The molecule has 1 spiro atoms. The van der Waals surface area contributed by atoms with Gasteiger partial charge >= 0.3 is 6.09 Å². The van der Waals surface area contributed by atoms with Gasteiger partial charge in [-0.1, -0.05) is 6.07 Å².